The van der Waals surface area contributed by atoms with Crippen molar-refractivity contribution in [3.63, 3.8) is 0 Å². The maximum atomic E-state index is 12.5. The lowest BCUT2D eigenvalue weighted by molar-refractivity contribution is 0.0937. The Bertz CT molecular complexity index is 770. The average Bonchev–Trinajstić information content (AvgIpc) is 2.66. The van der Waals surface area contributed by atoms with E-state index < -0.39 is 0 Å². The highest BCUT2D eigenvalue weighted by molar-refractivity contribution is 5.95. The van der Waals surface area contributed by atoms with E-state index in [0.717, 1.165) is 18.6 Å². The minimum absolute atomic E-state index is 0.0669. The molecule has 1 N–H and O–H groups in total. The molecule has 0 aliphatic carbocycles. The number of benzene rings is 2. The maximum absolute atomic E-state index is 12.5. The Balaban J connectivity index is 1.50. The minimum Gasteiger partial charge on any atom is -0.491 e. The van der Waals surface area contributed by atoms with Crippen LogP contribution in [0.1, 0.15) is 43.1 Å². The molecule has 0 spiro atoms. The number of fused-ring (bicyclic) bond motifs is 1. The Morgan fingerprint density at radius 3 is 2.44 bits per heavy atom. The van der Waals surface area contributed by atoms with E-state index in [1.807, 2.05) is 32.9 Å². The summed E-state index contributed by atoms with van der Waals surface area (Å²) in [5, 5.41) is 3.05. The van der Waals surface area contributed by atoms with Gasteiger partial charge in [-0.1, -0.05) is 12.1 Å². The van der Waals surface area contributed by atoms with Crippen LogP contribution in [-0.4, -0.2) is 31.3 Å². The summed E-state index contributed by atoms with van der Waals surface area (Å²) in [6, 6.07) is 13.5. The fourth-order valence-electron chi connectivity index (χ4n) is 2.95. The van der Waals surface area contributed by atoms with E-state index >= 15 is 0 Å². The number of ether oxygens (including phenoxy) is 3. The number of amides is 1. The van der Waals surface area contributed by atoms with Crippen LogP contribution in [0.15, 0.2) is 42.5 Å². The van der Waals surface area contributed by atoms with Gasteiger partial charge in [0.15, 0.2) is 11.5 Å². The van der Waals surface area contributed by atoms with Gasteiger partial charge in [-0.15, -0.1) is 0 Å². The molecule has 0 aromatic heterocycles. The van der Waals surface area contributed by atoms with Crippen molar-refractivity contribution in [1.29, 1.82) is 0 Å². The van der Waals surface area contributed by atoms with E-state index in [-0.39, 0.29) is 18.1 Å². The molecule has 3 rings (SSSR count). The van der Waals surface area contributed by atoms with E-state index in [9.17, 15) is 4.79 Å². The van der Waals surface area contributed by atoms with Crippen LogP contribution in [0.4, 0.5) is 0 Å². The molecular weight excluding hydrogens is 342 g/mol. The van der Waals surface area contributed by atoms with Crippen LogP contribution in [0.3, 0.4) is 0 Å². The minimum atomic E-state index is -0.0971. The lowest BCUT2D eigenvalue weighted by Gasteiger charge is -2.19. The van der Waals surface area contributed by atoms with Gasteiger partial charge in [0.2, 0.25) is 0 Å². The second kappa shape index (κ2) is 8.80. The molecule has 2 aromatic carbocycles. The normalized spacial score (nSPS) is 13.9. The summed E-state index contributed by atoms with van der Waals surface area (Å²) in [7, 11) is 0. The molecule has 0 fully saturated rings. The molecule has 1 aliphatic rings. The molecule has 1 unspecified atom stereocenters. The quantitative estimate of drug-likeness (QED) is 0.802. The third-order valence-corrected chi connectivity index (χ3v) is 4.34. The van der Waals surface area contributed by atoms with Gasteiger partial charge in [-0.05, 0) is 69.5 Å². The van der Waals surface area contributed by atoms with Crippen LogP contribution in [-0.2, 0) is 6.42 Å². The molecule has 1 heterocycles. The van der Waals surface area contributed by atoms with E-state index in [1.54, 1.807) is 18.2 Å². The molecule has 144 valence electrons. The Kier molecular flexibility index (Phi) is 6.22. The summed E-state index contributed by atoms with van der Waals surface area (Å²) in [5.41, 5.74) is 1.81. The molecule has 0 radical (unpaired) electrons. The summed E-state index contributed by atoms with van der Waals surface area (Å²) in [5.74, 6) is 2.11. The van der Waals surface area contributed by atoms with Gasteiger partial charge in [-0.3, -0.25) is 4.79 Å². The zero-order valence-electron chi connectivity index (χ0n) is 16.2. The number of hydrogen-bond donors (Lipinski definition) is 1. The largest absolute Gasteiger partial charge is 0.491 e. The van der Waals surface area contributed by atoms with Crippen LogP contribution in [0.2, 0.25) is 0 Å². The van der Waals surface area contributed by atoms with Crippen LogP contribution in [0, 0.1) is 0 Å². The topological polar surface area (TPSA) is 56.8 Å². The van der Waals surface area contributed by atoms with Gasteiger partial charge < -0.3 is 19.5 Å². The molecule has 27 heavy (non-hydrogen) atoms. The monoisotopic (exact) mass is 369 g/mol. The van der Waals surface area contributed by atoms with Gasteiger partial charge in [0.1, 0.15) is 19.0 Å². The molecule has 2 aromatic rings. The van der Waals surface area contributed by atoms with Crippen molar-refractivity contribution in [1.82, 2.24) is 5.32 Å². The first-order valence-corrected chi connectivity index (χ1v) is 9.47. The first-order valence-electron chi connectivity index (χ1n) is 9.47. The standard InChI is InChI=1S/C22H27NO4/c1-15(2)27-19-9-6-17(7-10-19)5-4-16(3)23-22(24)18-8-11-20-21(14-18)26-13-12-25-20/h6-11,14-16H,4-5,12-13H2,1-3H3,(H,23,24). The summed E-state index contributed by atoms with van der Waals surface area (Å²) in [6.07, 6.45) is 1.93. The van der Waals surface area contributed by atoms with Gasteiger partial charge in [0, 0.05) is 11.6 Å². The number of nitrogens with one attached hydrogen (secondary N) is 1. The first kappa shape index (κ1) is 19.1. The summed E-state index contributed by atoms with van der Waals surface area (Å²) in [6.45, 7) is 7.10. The van der Waals surface area contributed by atoms with Crippen LogP contribution in [0.25, 0.3) is 0 Å². The third kappa shape index (κ3) is 5.39. The molecule has 1 amide bonds. The van der Waals surface area contributed by atoms with Crippen molar-refractivity contribution in [3.05, 3.63) is 53.6 Å². The average molecular weight is 369 g/mol. The molecule has 5 heteroatoms. The highest BCUT2D eigenvalue weighted by Crippen LogP contribution is 2.30. The fourth-order valence-corrected chi connectivity index (χ4v) is 2.95. The van der Waals surface area contributed by atoms with Gasteiger partial charge in [0.05, 0.1) is 6.10 Å². The lowest BCUT2D eigenvalue weighted by atomic mass is 10.1. The summed E-state index contributed by atoms with van der Waals surface area (Å²) >= 11 is 0. The van der Waals surface area contributed by atoms with E-state index in [1.165, 1.54) is 5.56 Å². The molecule has 1 atom stereocenters. The predicted octanol–water partition coefficient (Wildman–Crippen LogP) is 4.00. The molecule has 0 bridgehead atoms. The molecule has 5 nitrogen and oxygen atoms in total. The SMILES string of the molecule is CC(CCc1ccc(OC(C)C)cc1)NC(=O)c1ccc2c(c1)OCCO2. The van der Waals surface area contributed by atoms with Crippen molar-refractivity contribution < 1.29 is 19.0 Å². The second-order valence-corrected chi connectivity index (χ2v) is 7.08. The van der Waals surface area contributed by atoms with Crippen molar-refractivity contribution in [2.75, 3.05) is 13.2 Å². The second-order valence-electron chi connectivity index (χ2n) is 7.08. The van der Waals surface area contributed by atoms with Gasteiger partial charge >= 0.3 is 0 Å². The van der Waals surface area contributed by atoms with Gasteiger partial charge in [-0.25, -0.2) is 0 Å². The number of aryl methyl sites for hydroxylation is 1. The van der Waals surface area contributed by atoms with Gasteiger partial charge in [-0.2, -0.15) is 0 Å². The summed E-state index contributed by atoms with van der Waals surface area (Å²) in [4.78, 5) is 12.5. The number of hydrogen-bond acceptors (Lipinski definition) is 4. The third-order valence-electron chi connectivity index (χ3n) is 4.34. The molecular formula is C22H27NO4. The highest BCUT2D eigenvalue weighted by Gasteiger charge is 2.16. The zero-order valence-corrected chi connectivity index (χ0v) is 16.2. The Morgan fingerprint density at radius 1 is 1.04 bits per heavy atom. The lowest BCUT2D eigenvalue weighted by Crippen LogP contribution is -2.33. The molecule has 0 saturated carbocycles. The Labute approximate surface area is 160 Å². The van der Waals surface area contributed by atoms with Crippen LogP contribution >= 0.6 is 0 Å². The first-order chi connectivity index (χ1) is 13.0. The van der Waals surface area contributed by atoms with Crippen molar-refractivity contribution in [2.45, 2.75) is 45.8 Å². The Hall–Kier alpha value is -2.69. The Morgan fingerprint density at radius 2 is 1.74 bits per heavy atom. The number of carbonyl (C=O) groups is 1. The van der Waals surface area contributed by atoms with E-state index in [2.05, 4.69) is 17.4 Å². The van der Waals surface area contributed by atoms with Crippen molar-refractivity contribution in [2.24, 2.45) is 0 Å². The van der Waals surface area contributed by atoms with E-state index in [0.29, 0.717) is 30.3 Å². The maximum Gasteiger partial charge on any atom is 0.251 e. The number of carbonyl (C=O) groups excluding carboxylic acids is 1. The predicted molar refractivity (Wildman–Crippen MR) is 105 cm³/mol. The number of rotatable bonds is 7. The van der Waals surface area contributed by atoms with Crippen LogP contribution in [0.5, 0.6) is 17.2 Å². The van der Waals surface area contributed by atoms with Crippen LogP contribution < -0.4 is 19.5 Å². The molecule has 1 aliphatic heterocycles. The van der Waals surface area contributed by atoms with Crippen molar-refractivity contribution >= 4 is 5.91 Å². The highest BCUT2D eigenvalue weighted by atomic mass is 16.6. The summed E-state index contributed by atoms with van der Waals surface area (Å²) < 4.78 is 16.7. The van der Waals surface area contributed by atoms with Crippen molar-refractivity contribution in [3.8, 4) is 17.2 Å². The molecule has 0 saturated heterocycles. The van der Waals surface area contributed by atoms with Gasteiger partial charge in [0.25, 0.3) is 5.91 Å². The fraction of sp³-hybridized carbons (Fsp3) is 0.409. The smallest absolute Gasteiger partial charge is 0.251 e. The van der Waals surface area contributed by atoms with E-state index in [4.69, 9.17) is 14.2 Å². The zero-order chi connectivity index (χ0) is 19.2.